The molecule has 1 fully saturated rings. The molecule has 2 rings (SSSR count). The Balaban J connectivity index is 1.90. The highest BCUT2D eigenvalue weighted by Crippen LogP contribution is 2.38. The molecule has 0 spiro atoms. The Kier molecular flexibility index (Phi) is 2.94. The summed E-state index contributed by atoms with van der Waals surface area (Å²) in [5.74, 6) is -0.113. The Morgan fingerprint density at radius 2 is 2.27 bits per heavy atom. The highest BCUT2D eigenvalue weighted by Gasteiger charge is 2.24. The van der Waals surface area contributed by atoms with Gasteiger partial charge in [-0.1, -0.05) is 0 Å². The zero-order chi connectivity index (χ0) is 10.7. The summed E-state index contributed by atoms with van der Waals surface area (Å²) in [6.07, 6.45) is 5.63. The van der Waals surface area contributed by atoms with Crippen LogP contribution in [0, 0.1) is 0 Å². The van der Waals surface area contributed by atoms with Crippen molar-refractivity contribution in [3.05, 3.63) is 23.8 Å². The molecule has 80 valence electrons. The first kappa shape index (κ1) is 10.1. The lowest BCUT2D eigenvalue weighted by Crippen LogP contribution is -1.99. The van der Waals surface area contributed by atoms with Crippen molar-refractivity contribution in [2.24, 2.45) is 0 Å². The molecule has 4 nitrogen and oxygen atoms in total. The Morgan fingerprint density at radius 3 is 2.93 bits per heavy atom. The minimum absolute atomic E-state index is 0.211. The summed E-state index contributed by atoms with van der Waals surface area (Å²) >= 11 is 0. The van der Waals surface area contributed by atoms with Gasteiger partial charge in [0.1, 0.15) is 6.33 Å². The van der Waals surface area contributed by atoms with Crippen molar-refractivity contribution in [1.29, 1.82) is 0 Å². The van der Waals surface area contributed by atoms with Crippen LogP contribution in [0.3, 0.4) is 0 Å². The number of aromatic nitrogens is 2. The standard InChI is InChI=1S/C11H14N2O2/c14-11(15)3-1-2-9-6-10(8-4-5-8)13-7-12-9/h6-8H,1-5H2,(H,14,15). The molecule has 15 heavy (non-hydrogen) atoms. The lowest BCUT2D eigenvalue weighted by atomic mass is 10.1. The minimum Gasteiger partial charge on any atom is -0.481 e. The largest absolute Gasteiger partial charge is 0.481 e. The summed E-state index contributed by atoms with van der Waals surface area (Å²) in [6, 6.07) is 2.01. The molecular formula is C11H14N2O2. The predicted octanol–water partition coefficient (Wildman–Crippen LogP) is 1.76. The van der Waals surface area contributed by atoms with E-state index in [1.54, 1.807) is 6.33 Å². The molecule has 1 aromatic heterocycles. The number of hydrogen-bond acceptors (Lipinski definition) is 3. The molecule has 1 heterocycles. The zero-order valence-electron chi connectivity index (χ0n) is 8.52. The van der Waals surface area contributed by atoms with E-state index in [0.717, 1.165) is 17.8 Å². The zero-order valence-corrected chi connectivity index (χ0v) is 8.52. The highest BCUT2D eigenvalue weighted by molar-refractivity contribution is 5.66. The van der Waals surface area contributed by atoms with E-state index in [0.29, 0.717) is 12.3 Å². The molecule has 0 amide bonds. The number of hydrogen-bond donors (Lipinski definition) is 1. The van der Waals surface area contributed by atoms with Gasteiger partial charge >= 0.3 is 5.97 Å². The molecule has 1 aromatic rings. The summed E-state index contributed by atoms with van der Waals surface area (Å²) in [6.45, 7) is 0. The molecule has 1 saturated carbocycles. The van der Waals surface area contributed by atoms with Crippen molar-refractivity contribution in [2.75, 3.05) is 0 Å². The van der Waals surface area contributed by atoms with Crippen LogP contribution in [-0.4, -0.2) is 21.0 Å². The second kappa shape index (κ2) is 4.38. The van der Waals surface area contributed by atoms with Crippen LogP contribution in [0.4, 0.5) is 0 Å². The van der Waals surface area contributed by atoms with Crippen LogP contribution in [0.2, 0.25) is 0 Å². The summed E-state index contributed by atoms with van der Waals surface area (Å²) < 4.78 is 0. The van der Waals surface area contributed by atoms with E-state index in [2.05, 4.69) is 9.97 Å². The third-order valence-corrected chi connectivity index (χ3v) is 2.56. The Labute approximate surface area is 88.4 Å². The Bertz CT molecular complexity index is 361. The van der Waals surface area contributed by atoms with E-state index in [1.165, 1.54) is 12.8 Å². The molecular weight excluding hydrogens is 192 g/mol. The van der Waals surface area contributed by atoms with Crippen LogP contribution in [0.15, 0.2) is 12.4 Å². The van der Waals surface area contributed by atoms with Gasteiger partial charge in [-0.3, -0.25) is 4.79 Å². The van der Waals surface area contributed by atoms with E-state index < -0.39 is 5.97 Å². The van der Waals surface area contributed by atoms with Gasteiger partial charge in [-0.25, -0.2) is 9.97 Å². The fraction of sp³-hybridized carbons (Fsp3) is 0.545. The van der Waals surface area contributed by atoms with Gasteiger partial charge in [-0.15, -0.1) is 0 Å². The molecule has 0 atom stereocenters. The molecule has 0 bridgehead atoms. The molecule has 1 aliphatic rings. The number of carboxylic acid groups (broad SMARTS) is 1. The van der Waals surface area contributed by atoms with Gasteiger partial charge in [0, 0.05) is 23.7 Å². The molecule has 0 aromatic carbocycles. The van der Waals surface area contributed by atoms with Crippen LogP contribution in [0.1, 0.15) is 43.0 Å². The van der Waals surface area contributed by atoms with E-state index >= 15 is 0 Å². The number of carboxylic acids is 1. The van der Waals surface area contributed by atoms with Gasteiger partial charge < -0.3 is 5.11 Å². The van der Waals surface area contributed by atoms with E-state index in [4.69, 9.17) is 5.11 Å². The first-order chi connectivity index (χ1) is 7.25. The second-order valence-corrected chi connectivity index (χ2v) is 3.96. The van der Waals surface area contributed by atoms with E-state index in [-0.39, 0.29) is 6.42 Å². The van der Waals surface area contributed by atoms with Gasteiger partial charge in [-0.2, -0.15) is 0 Å². The number of carbonyl (C=O) groups is 1. The molecule has 1 N–H and O–H groups in total. The molecule has 1 aliphatic carbocycles. The van der Waals surface area contributed by atoms with Crippen molar-refractivity contribution in [3.63, 3.8) is 0 Å². The lowest BCUT2D eigenvalue weighted by molar-refractivity contribution is -0.137. The third-order valence-electron chi connectivity index (χ3n) is 2.56. The maximum atomic E-state index is 10.3. The Hall–Kier alpha value is -1.45. The number of aliphatic carboxylic acids is 1. The maximum Gasteiger partial charge on any atom is 0.303 e. The topological polar surface area (TPSA) is 63.1 Å². The monoisotopic (exact) mass is 206 g/mol. The maximum absolute atomic E-state index is 10.3. The first-order valence-electron chi connectivity index (χ1n) is 5.28. The molecule has 0 saturated heterocycles. The summed E-state index contributed by atoms with van der Waals surface area (Å²) in [7, 11) is 0. The smallest absolute Gasteiger partial charge is 0.303 e. The van der Waals surface area contributed by atoms with Gasteiger partial charge in [0.05, 0.1) is 0 Å². The van der Waals surface area contributed by atoms with Crippen LogP contribution < -0.4 is 0 Å². The Morgan fingerprint density at radius 1 is 1.47 bits per heavy atom. The summed E-state index contributed by atoms with van der Waals surface area (Å²) in [5.41, 5.74) is 2.09. The van der Waals surface area contributed by atoms with Crippen LogP contribution in [-0.2, 0) is 11.2 Å². The van der Waals surface area contributed by atoms with Crippen molar-refractivity contribution >= 4 is 5.97 Å². The van der Waals surface area contributed by atoms with Gasteiger partial charge in [-0.05, 0) is 31.7 Å². The quantitative estimate of drug-likeness (QED) is 0.797. The van der Waals surface area contributed by atoms with Gasteiger partial charge in [0.15, 0.2) is 0 Å². The average Bonchev–Trinajstić information content (AvgIpc) is 3.01. The molecule has 0 unspecified atom stereocenters. The fourth-order valence-corrected chi connectivity index (χ4v) is 1.57. The lowest BCUT2D eigenvalue weighted by Gasteiger charge is -2.01. The van der Waals surface area contributed by atoms with Crippen molar-refractivity contribution < 1.29 is 9.90 Å². The molecule has 4 heteroatoms. The SMILES string of the molecule is O=C(O)CCCc1cc(C2CC2)ncn1. The van der Waals surface area contributed by atoms with Crippen molar-refractivity contribution in [1.82, 2.24) is 9.97 Å². The summed E-state index contributed by atoms with van der Waals surface area (Å²) in [5, 5.41) is 8.51. The number of nitrogens with zero attached hydrogens (tertiary/aromatic N) is 2. The predicted molar refractivity (Wildman–Crippen MR) is 54.6 cm³/mol. The third kappa shape index (κ3) is 3.01. The van der Waals surface area contributed by atoms with E-state index in [9.17, 15) is 4.79 Å². The van der Waals surface area contributed by atoms with Gasteiger partial charge in [0.2, 0.25) is 0 Å². The molecule has 0 aliphatic heterocycles. The normalized spacial score (nSPS) is 15.2. The highest BCUT2D eigenvalue weighted by atomic mass is 16.4. The van der Waals surface area contributed by atoms with Crippen LogP contribution >= 0.6 is 0 Å². The minimum atomic E-state index is -0.744. The number of rotatable bonds is 5. The van der Waals surface area contributed by atoms with Crippen LogP contribution in [0.25, 0.3) is 0 Å². The van der Waals surface area contributed by atoms with Crippen molar-refractivity contribution in [3.8, 4) is 0 Å². The fourth-order valence-electron chi connectivity index (χ4n) is 1.57. The average molecular weight is 206 g/mol. The molecule has 0 radical (unpaired) electrons. The number of aryl methyl sites for hydroxylation is 1. The van der Waals surface area contributed by atoms with Crippen molar-refractivity contribution in [2.45, 2.75) is 38.0 Å². The second-order valence-electron chi connectivity index (χ2n) is 3.96. The van der Waals surface area contributed by atoms with Crippen LogP contribution in [0.5, 0.6) is 0 Å². The first-order valence-corrected chi connectivity index (χ1v) is 5.28. The van der Waals surface area contributed by atoms with Gasteiger partial charge in [0.25, 0.3) is 0 Å². The summed E-state index contributed by atoms with van der Waals surface area (Å²) in [4.78, 5) is 18.7. The van der Waals surface area contributed by atoms with E-state index in [1.807, 2.05) is 6.07 Å².